The van der Waals surface area contributed by atoms with Crippen LogP contribution in [0.25, 0.3) is 0 Å². The molecule has 0 aliphatic carbocycles. The van der Waals surface area contributed by atoms with Crippen LogP contribution < -0.4 is 5.32 Å². The second-order valence-corrected chi connectivity index (χ2v) is 4.99. The lowest BCUT2D eigenvalue weighted by atomic mass is 10.2. The highest BCUT2D eigenvalue weighted by molar-refractivity contribution is 7.98. The van der Waals surface area contributed by atoms with Crippen molar-refractivity contribution in [1.82, 2.24) is 14.9 Å². The highest BCUT2D eigenvalue weighted by Gasteiger charge is 2.06. The summed E-state index contributed by atoms with van der Waals surface area (Å²) in [5.41, 5.74) is 0. The van der Waals surface area contributed by atoms with E-state index in [0.29, 0.717) is 11.2 Å². The van der Waals surface area contributed by atoms with Gasteiger partial charge in [-0.1, -0.05) is 11.6 Å². The molecule has 0 amide bonds. The van der Waals surface area contributed by atoms with Crippen molar-refractivity contribution in [2.24, 2.45) is 7.05 Å². The third-order valence-corrected chi connectivity index (χ3v) is 3.39. The van der Waals surface area contributed by atoms with Crippen molar-refractivity contribution in [2.45, 2.75) is 25.9 Å². The van der Waals surface area contributed by atoms with E-state index in [1.54, 1.807) is 6.20 Å². The van der Waals surface area contributed by atoms with E-state index in [1.165, 1.54) is 12.2 Å². The SMILES string of the molecule is CSCCC(C)NCc1ncc(Cl)n1C. The summed E-state index contributed by atoms with van der Waals surface area (Å²) in [6.45, 7) is 2.97. The molecule has 0 saturated carbocycles. The van der Waals surface area contributed by atoms with Crippen LogP contribution in [0.1, 0.15) is 19.2 Å². The molecule has 1 heterocycles. The van der Waals surface area contributed by atoms with Gasteiger partial charge in [0.1, 0.15) is 11.0 Å². The summed E-state index contributed by atoms with van der Waals surface area (Å²) >= 11 is 7.77. The largest absolute Gasteiger partial charge is 0.321 e. The first-order chi connectivity index (χ1) is 7.15. The van der Waals surface area contributed by atoms with Gasteiger partial charge in [0, 0.05) is 13.1 Å². The van der Waals surface area contributed by atoms with Crippen LogP contribution >= 0.6 is 23.4 Å². The highest BCUT2D eigenvalue weighted by Crippen LogP contribution is 2.09. The Morgan fingerprint density at radius 3 is 2.93 bits per heavy atom. The quantitative estimate of drug-likeness (QED) is 0.837. The molecule has 0 spiro atoms. The number of nitrogens with zero attached hydrogens (tertiary/aromatic N) is 2. The van der Waals surface area contributed by atoms with E-state index in [-0.39, 0.29) is 0 Å². The summed E-state index contributed by atoms with van der Waals surface area (Å²) in [4.78, 5) is 4.23. The van der Waals surface area contributed by atoms with Crippen LogP contribution in [-0.4, -0.2) is 27.6 Å². The van der Waals surface area contributed by atoms with Gasteiger partial charge in [0.05, 0.1) is 12.7 Å². The molecule has 1 aromatic heterocycles. The maximum atomic E-state index is 5.90. The molecule has 1 atom stereocenters. The maximum absolute atomic E-state index is 5.90. The van der Waals surface area contributed by atoms with E-state index in [0.717, 1.165) is 12.4 Å². The standard InChI is InChI=1S/C10H18ClN3S/c1-8(4-5-15-3)12-7-10-13-6-9(11)14(10)2/h6,8,12H,4-5,7H2,1-3H3. The van der Waals surface area contributed by atoms with Gasteiger partial charge in [-0.3, -0.25) is 0 Å². The minimum atomic E-state index is 0.521. The van der Waals surface area contributed by atoms with Crippen molar-refractivity contribution in [3.05, 3.63) is 17.2 Å². The van der Waals surface area contributed by atoms with Crippen molar-refractivity contribution in [3.63, 3.8) is 0 Å². The van der Waals surface area contributed by atoms with Crippen molar-refractivity contribution in [3.8, 4) is 0 Å². The molecular formula is C10H18ClN3S. The lowest BCUT2D eigenvalue weighted by Crippen LogP contribution is -2.27. The third kappa shape index (κ3) is 4.05. The van der Waals surface area contributed by atoms with Gasteiger partial charge in [-0.2, -0.15) is 11.8 Å². The van der Waals surface area contributed by atoms with Crippen LogP contribution in [0.15, 0.2) is 6.20 Å². The van der Waals surface area contributed by atoms with E-state index in [1.807, 2.05) is 23.4 Å². The molecule has 0 aromatic carbocycles. The fourth-order valence-electron chi connectivity index (χ4n) is 1.25. The number of thioether (sulfide) groups is 1. The molecule has 0 aliphatic rings. The molecule has 1 aromatic rings. The number of aromatic nitrogens is 2. The summed E-state index contributed by atoms with van der Waals surface area (Å²) in [6.07, 6.45) is 5.00. The monoisotopic (exact) mass is 247 g/mol. The average molecular weight is 248 g/mol. The first-order valence-electron chi connectivity index (χ1n) is 5.03. The second-order valence-electron chi connectivity index (χ2n) is 3.62. The van der Waals surface area contributed by atoms with Gasteiger partial charge >= 0.3 is 0 Å². The van der Waals surface area contributed by atoms with Gasteiger partial charge in [0.25, 0.3) is 0 Å². The van der Waals surface area contributed by atoms with Crippen LogP contribution in [0.2, 0.25) is 5.15 Å². The molecule has 86 valence electrons. The Bertz CT molecular complexity index is 301. The summed E-state index contributed by atoms with van der Waals surface area (Å²) in [5, 5.41) is 4.12. The number of halogens is 1. The molecule has 0 saturated heterocycles. The van der Waals surface area contributed by atoms with E-state index >= 15 is 0 Å². The van der Waals surface area contributed by atoms with Gasteiger partial charge in [0.15, 0.2) is 0 Å². The minimum Gasteiger partial charge on any atom is -0.321 e. The molecule has 3 nitrogen and oxygen atoms in total. The minimum absolute atomic E-state index is 0.521. The second kappa shape index (κ2) is 6.40. The van der Waals surface area contributed by atoms with E-state index in [4.69, 9.17) is 11.6 Å². The van der Waals surface area contributed by atoms with Crippen LogP contribution in [0.4, 0.5) is 0 Å². The number of rotatable bonds is 6. The van der Waals surface area contributed by atoms with E-state index in [9.17, 15) is 0 Å². The Balaban J connectivity index is 2.33. The highest BCUT2D eigenvalue weighted by atomic mass is 35.5. The maximum Gasteiger partial charge on any atom is 0.128 e. The molecule has 15 heavy (non-hydrogen) atoms. The Kier molecular flexibility index (Phi) is 5.50. The lowest BCUT2D eigenvalue weighted by molar-refractivity contribution is 0.519. The molecule has 1 unspecified atom stereocenters. The zero-order valence-electron chi connectivity index (χ0n) is 9.46. The van der Waals surface area contributed by atoms with Gasteiger partial charge in [-0.05, 0) is 25.4 Å². The first kappa shape index (κ1) is 12.9. The van der Waals surface area contributed by atoms with Crippen molar-refractivity contribution in [1.29, 1.82) is 0 Å². The summed E-state index contributed by atoms with van der Waals surface area (Å²) in [7, 11) is 1.93. The Labute approximate surface area is 101 Å². The Morgan fingerprint density at radius 1 is 1.67 bits per heavy atom. The molecule has 0 fully saturated rings. The summed E-state index contributed by atoms with van der Waals surface area (Å²) in [6, 6.07) is 0.521. The number of hydrogen-bond acceptors (Lipinski definition) is 3. The molecular weight excluding hydrogens is 230 g/mol. The molecule has 1 N–H and O–H groups in total. The number of nitrogens with one attached hydrogen (secondary N) is 1. The smallest absolute Gasteiger partial charge is 0.128 e. The molecule has 0 aliphatic heterocycles. The third-order valence-electron chi connectivity index (χ3n) is 2.39. The number of hydrogen-bond donors (Lipinski definition) is 1. The Hall–Kier alpha value is -0.190. The van der Waals surface area contributed by atoms with E-state index < -0.39 is 0 Å². The van der Waals surface area contributed by atoms with Crippen LogP contribution in [0.5, 0.6) is 0 Å². The van der Waals surface area contributed by atoms with E-state index in [2.05, 4.69) is 23.5 Å². The summed E-state index contributed by atoms with van der Waals surface area (Å²) in [5.74, 6) is 2.17. The zero-order valence-corrected chi connectivity index (χ0v) is 11.0. The van der Waals surface area contributed by atoms with Crippen LogP contribution in [-0.2, 0) is 13.6 Å². The molecule has 5 heteroatoms. The lowest BCUT2D eigenvalue weighted by Gasteiger charge is -2.12. The van der Waals surface area contributed by atoms with Crippen molar-refractivity contribution < 1.29 is 0 Å². The molecule has 1 rings (SSSR count). The van der Waals surface area contributed by atoms with Gasteiger partial charge in [0.2, 0.25) is 0 Å². The normalized spacial score (nSPS) is 13.1. The molecule has 0 bridgehead atoms. The Morgan fingerprint density at radius 2 is 2.40 bits per heavy atom. The predicted octanol–water partition coefficient (Wildman–Crippen LogP) is 2.30. The topological polar surface area (TPSA) is 29.9 Å². The van der Waals surface area contributed by atoms with Gasteiger partial charge < -0.3 is 9.88 Å². The first-order valence-corrected chi connectivity index (χ1v) is 6.80. The van der Waals surface area contributed by atoms with Crippen LogP contribution in [0.3, 0.4) is 0 Å². The average Bonchev–Trinajstić information content (AvgIpc) is 2.54. The van der Waals surface area contributed by atoms with Crippen LogP contribution in [0, 0.1) is 0 Å². The zero-order chi connectivity index (χ0) is 11.3. The van der Waals surface area contributed by atoms with Gasteiger partial charge in [-0.25, -0.2) is 4.98 Å². The molecule has 0 radical (unpaired) electrons. The van der Waals surface area contributed by atoms with Crippen molar-refractivity contribution in [2.75, 3.05) is 12.0 Å². The summed E-state index contributed by atoms with van der Waals surface area (Å²) < 4.78 is 1.90. The number of imidazole rings is 1. The fourth-order valence-corrected chi connectivity index (χ4v) is 1.99. The van der Waals surface area contributed by atoms with Gasteiger partial charge in [-0.15, -0.1) is 0 Å². The predicted molar refractivity (Wildman–Crippen MR) is 67.5 cm³/mol. The fraction of sp³-hybridized carbons (Fsp3) is 0.700. The van der Waals surface area contributed by atoms with Crippen molar-refractivity contribution >= 4 is 23.4 Å².